The van der Waals surface area contributed by atoms with Crippen LogP contribution in [0.4, 0.5) is 0 Å². The molecule has 116 valence electrons. The van der Waals surface area contributed by atoms with Gasteiger partial charge in [-0.05, 0) is 48.4 Å². The van der Waals surface area contributed by atoms with Crippen molar-refractivity contribution in [1.82, 2.24) is 5.32 Å². The van der Waals surface area contributed by atoms with E-state index >= 15 is 0 Å². The SMILES string of the molecule is CCC(Oc1ccc(Cl)cc1)C(=O)NCc1ccc(Cl)cc1. The van der Waals surface area contributed by atoms with Crippen molar-refractivity contribution in [2.45, 2.75) is 26.0 Å². The molecule has 2 aromatic rings. The molecule has 0 saturated heterocycles. The molecule has 0 radical (unpaired) electrons. The third-order valence-electron chi connectivity index (χ3n) is 3.14. The summed E-state index contributed by atoms with van der Waals surface area (Å²) in [6.07, 6.45) is 0.0446. The molecule has 0 saturated carbocycles. The van der Waals surface area contributed by atoms with Crippen LogP contribution in [-0.4, -0.2) is 12.0 Å². The number of nitrogens with one attached hydrogen (secondary N) is 1. The predicted molar refractivity (Wildman–Crippen MR) is 89.5 cm³/mol. The lowest BCUT2D eigenvalue weighted by Crippen LogP contribution is -2.37. The minimum Gasteiger partial charge on any atom is -0.481 e. The number of benzene rings is 2. The Balaban J connectivity index is 1.91. The molecular weight excluding hydrogens is 321 g/mol. The van der Waals surface area contributed by atoms with Gasteiger partial charge in [0.2, 0.25) is 0 Å². The van der Waals surface area contributed by atoms with Crippen LogP contribution in [0, 0.1) is 0 Å². The van der Waals surface area contributed by atoms with Crippen molar-refractivity contribution in [3.63, 3.8) is 0 Å². The summed E-state index contributed by atoms with van der Waals surface area (Å²) < 4.78 is 5.70. The smallest absolute Gasteiger partial charge is 0.261 e. The highest BCUT2D eigenvalue weighted by molar-refractivity contribution is 6.30. The second kappa shape index (κ2) is 8.06. The lowest BCUT2D eigenvalue weighted by atomic mass is 10.2. The van der Waals surface area contributed by atoms with E-state index in [1.807, 2.05) is 19.1 Å². The Hall–Kier alpha value is -1.71. The van der Waals surface area contributed by atoms with E-state index in [4.69, 9.17) is 27.9 Å². The zero-order valence-electron chi connectivity index (χ0n) is 12.2. The standard InChI is InChI=1S/C17H17Cl2NO2/c1-2-16(22-15-9-7-14(19)8-10-15)17(21)20-11-12-3-5-13(18)6-4-12/h3-10,16H,2,11H2,1H3,(H,20,21). The molecule has 1 N–H and O–H groups in total. The van der Waals surface area contributed by atoms with Crippen molar-refractivity contribution >= 4 is 29.1 Å². The topological polar surface area (TPSA) is 38.3 Å². The summed E-state index contributed by atoms with van der Waals surface area (Å²) >= 11 is 11.7. The van der Waals surface area contributed by atoms with Crippen LogP contribution >= 0.6 is 23.2 Å². The summed E-state index contributed by atoms with van der Waals surface area (Å²) in [4.78, 5) is 12.2. The van der Waals surface area contributed by atoms with Crippen molar-refractivity contribution in [2.24, 2.45) is 0 Å². The van der Waals surface area contributed by atoms with Crippen LogP contribution in [0.2, 0.25) is 10.0 Å². The quantitative estimate of drug-likeness (QED) is 0.844. The van der Waals surface area contributed by atoms with Gasteiger partial charge in [0.1, 0.15) is 5.75 Å². The van der Waals surface area contributed by atoms with Crippen LogP contribution in [-0.2, 0) is 11.3 Å². The maximum Gasteiger partial charge on any atom is 0.261 e. The molecule has 0 heterocycles. The molecule has 0 aliphatic heterocycles. The van der Waals surface area contributed by atoms with E-state index in [-0.39, 0.29) is 5.91 Å². The van der Waals surface area contributed by atoms with Gasteiger partial charge < -0.3 is 10.1 Å². The number of carbonyl (C=O) groups is 1. The molecule has 2 aromatic carbocycles. The molecule has 0 aliphatic rings. The van der Waals surface area contributed by atoms with Crippen molar-refractivity contribution in [3.8, 4) is 5.75 Å². The number of hydrogen-bond acceptors (Lipinski definition) is 2. The number of rotatable bonds is 6. The number of carbonyl (C=O) groups excluding carboxylic acids is 1. The largest absolute Gasteiger partial charge is 0.481 e. The molecule has 3 nitrogen and oxygen atoms in total. The highest BCUT2D eigenvalue weighted by Crippen LogP contribution is 2.18. The van der Waals surface area contributed by atoms with Gasteiger partial charge in [-0.1, -0.05) is 42.3 Å². The molecular formula is C17H17Cl2NO2. The van der Waals surface area contributed by atoms with Crippen LogP contribution in [0.5, 0.6) is 5.75 Å². The van der Waals surface area contributed by atoms with Crippen LogP contribution in [0.25, 0.3) is 0 Å². The fourth-order valence-corrected chi connectivity index (χ4v) is 2.16. The molecule has 5 heteroatoms. The summed E-state index contributed by atoms with van der Waals surface area (Å²) in [5.74, 6) is 0.477. The van der Waals surface area contributed by atoms with Gasteiger partial charge in [0.25, 0.3) is 5.91 Å². The molecule has 1 amide bonds. The predicted octanol–water partition coefficient (Wildman–Crippen LogP) is 4.47. The molecule has 0 aromatic heterocycles. The number of amides is 1. The molecule has 1 unspecified atom stereocenters. The van der Waals surface area contributed by atoms with E-state index in [1.165, 1.54) is 0 Å². The van der Waals surface area contributed by atoms with Crippen LogP contribution in [0.3, 0.4) is 0 Å². The molecule has 1 atom stereocenters. The number of hydrogen-bond donors (Lipinski definition) is 1. The Morgan fingerprint density at radius 1 is 1.05 bits per heavy atom. The lowest BCUT2D eigenvalue weighted by molar-refractivity contribution is -0.128. The summed E-state index contributed by atoms with van der Waals surface area (Å²) in [5, 5.41) is 4.17. The zero-order chi connectivity index (χ0) is 15.9. The average Bonchev–Trinajstić information content (AvgIpc) is 2.53. The first-order valence-electron chi connectivity index (χ1n) is 7.03. The van der Waals surface area contributed by atoms with Gasteiger partial charge >= 0.3 is 0 Å². The summed E-state index contributed by atoms with van der Waals surface area (Å²) in [5.41, 5.74) is 0.985. The maximum atomic E-state index is 12.2. The monoisotopic (exact) mass is 337 g/mol. The van der Waals surface area contributed by atoms with Crippen LogP contribution in [0.15, 0.2) is 48.5 Å². The van der Waals surface area contributed by atoms with E-state index in [0.717, 1.165) is 5.56 Å². The molecule has 0 fully saturated rings. The van der Waals surface area contributed by atoms with E-state index in [1.54, 1.807) is 36.4 Å². The second-order valence-corrected chi connectivity index (χ2v) is 5.69. The summed E-state index contributed by atoms with van der Waals surface area (Å²) in [6.45, 7) is 2.35. The Bertz CT molecular complexity index is 612. The Kier molecular flexibility index (Phi) is 6.10. The zero-order valence-corrected chi connectivity index (χ0v) is 13.7. The Morgan fingerprint density at radius 3 is 2.14 bits per heavy atom. The molecule has 22 heavy (non-hydrogen) atoms. The van der Waals surface area contributed by atoms with Gasteiger partial charge in [-0.3, -0.25) is 4.79 Å². The van der Waals surface area contributed by atoms with Crippen molar-refractivity contribution in [2.75, 3.05) is 0 Å². The Labute approximate surface area is 140 Å². The fraction of sp³-hybridized carbons (Fsp3) is 0.235. The van der Waals surface area contributed by atoms with Gasteiger partial charge in [-0.2, -0.15) is 0 Å². The molecule has 0 aliphatic carbocycles. The van der Waals surface area contributed by atoms with Gasteiger partial charge in [0.15, 0.2) is 6.10 Å². The van der Waals surface area contributed by atoms with Gasteiger partial charge in [-0.25, -0.2) is 0 Å². The second-order valence-electron chi connectivity index (χ2n) is 4.81. The van der Waals surface area contributed by atoms with E-state index in [2.05, 4.69) is 5.32 Å². The first kappa shape index (κ1) is 16.7. The summed E-state index contributed by atoms with van der Waals surface area (Å²) in [6, 6.07) is 14.3. The van der Waals surface area contributed by atoms with E-state index in [9.17, 15) is 4.79 Å². The van der Waals surface area contributed by atoms with Crippen molar-refractivity contribution in [1.29, 1.82) is 0 Å². The van der Waals surface area contributed by atoms with E-state index < -0.39 is 6.10 Å². The third kappa shape index (κ3) is 4.93. The third-order valence-corrected chi connectivity index (χ3v) is 3.64. The number of ether oxygens (including phenoxy) is 1. The normalized spacial score (nSPS) is 11.8. The number of halogens is 2. The highest BCUT2D eigenvalue weighted by Gasteiger charge is 2.17. The highest BCUT2D eigenvalue weighted by atomic mass is 35.5. The minimum absolute atomic E-state index is 0.146. The van der Waals surface area contributed by atoms with Crippen molar-refractivity contribution < 1.29 is 9.53 Å². The van der Waals surface area contributed by atoms with E-state index in [0.29, 0.717) is 28.8 Å². The molecule has 0 bridgehead atoms. The lowest BCUT2D eigenvalue weighted by Gasteiger charge is -2.17. The maximum absolute atomic E-state index is 12.2. The minimum atomic E-state index is -0.534. The molecule has 0 spiro atoms. The van der Waals surface area contributed by atoms with Gasteiger partial charge in [0.05, 0.1) is 0 Å². The fourth-order valence-electron chi connectivity index (χ4n) is 1.90. The summed E-state index contributed by atoms with van der Waals surface area (Å²) in [7, 11) is 0. The molecule has 2 rings (SSSR count). The van der Waals surface area contributed by atoms with Crippen LogP contribution < -0.4 is 10.1 Å². The first-order valence-corrected chi connectivity index (χ1v) is 7.78. The van der Waals surface area contributed by atoms with Gasteiger partial charge in [-0.15, -0.1) is 0 Å². The van der Waals surface area contributed by atoms with Crippen LogP contribution in [0.1, 0.15) is 18.9 Å². The van der Waals surface area contributed by atoms with Gasteiger partial charge in [0, 0.05) is 16.6 Å². The average molecular weight is 338 g/mol. The first-order chi connectivity index (χ1) is 10.6. The Morgan fingerprint density at radius 2 is 1.59 bits per heavy atom. The van der Waals surface area contributed by atoms with Crippen molar-refractivity contribution in [3.05, 3.63) is 64.1 Å².